The number of carbonyl (C=O) groups excluding carboxylic acids is 1. The molecule has 2 atom stereocenters. The van der Waals surface area contributed by atoms with E-state index < -0.39 is 23.9 Å². The quantitative estimate of drug-likeness (QED) is 0.216. The molecule has 3 N–H and O–H groups in total. The number of halogens is 4. The average Bonchev–Trinajstić information content (AvgIpc) is 2.94. The molecule has 13 heteroatoms. The van der Waals surface area contributed by atoms with Gasteiger partial charge >= 0.3 is 12.2 Å². The first kappa shape index (κ1) is 28.7. The normalized spacial score (nSPS) is 17.4. The van der Waals surface area contributed by atoms with Crippen molar-refractivity contribution < 1.29 is 27.1 Å². The molecule has 42 heavy (non-hydrogen) atoms. The minimum Gasteiger partial charge on any atom is -0.438 e. The Morgan fingerprint density at radius 3 is 2.50 bits per heavy atom. The van der Waals surface area contributed by atoms with Crippen molar-refractivity contribution in [2.45, 2.75) is 24.8 Å². The van der Waals surface area contributed by atoms with Gasteiger partial charge < -0.3 is 25.6 Å². The molecule has 0 spiro atoms. The second-order valence-corrected chi connectivity index (χ2v) is 9.80. The first-order valence-corrected chi connectivity index (χ1v) is 13.0. The lowest BCUT2D eigenvalue weighted by molar-refractivity contribution is -0.137. The highest BCUT2D eigenvalue weighted by atomic mass is 19.4. The lowest BCUT2D eigenvalue weighted by Crippen LogP contribution is -2.45. The summed E-state index contributed by atoms with van der Waals surface area (Å²) in [5, 5.41) is 8.17. The number of pyridine rings is 1. The fraction of sp³-hybridized carbons (Fsp3) is 0.241. The van der Waals surface area contributed by atoms with Crippen molar-refractivity contribution >= 4 is 23.4 Å². The van der Waals surface area contributed by atoms with Crippen LogP contribution in [0.5, 0.6) is 11.6 Å². The number of piperidine rings is 1. The lowest BCUT2D eigenvalue weighted by Gasteiger charge is -2.32. The second kappa shape index (κ2) is 12.4. The number of urea groups is 1. The largest absolute Gasteiger partial charge is 0.438 e. The summed E-state index contributed by atoms with van der Waals surface area (Å²) in [7, 11) is 1.87. The number of anilines is 3. The summed E-state index contributed by atoms with van der Waals surface area (Å²) in [5.74, 6) is 1.07. The molecule has 218 valence electrons. The fourth-order valence-electron chi connectivity index (χ4n) is 4.56. The monoisotopic (exact) mass is 581 g/mol. The van der Waals surface area contributed by atoms with Crippen molar-refractivity contribution in [3.8, 4) is 22.9 Å². The number of nitrogens with zero attached hydrogens (tertiary/aromatic N) is 4. The number of likely N-dealkylation sites (tertiary alicyclic amines) is 1. The highest BCUT2D eigenvalue weighted by molar-refractivity contribution is 5.99. The van der Waals surface area contributed by atoms with Crippen LogP contribution in [0.4, 0.5) is 39.7 Å². The Morgan fingerprint density at radius 2 is 1.74 bits per heavy atom. The third kappa shape index (κ3) is 7.49. The number of benzene rings is 2. The van der Waals surface area contributed by atoms with Crippen molar-refractivity contribution in [1.29, 1.82) is 0 Å². The third-order valence-corrected chi connectivity index (χ3v) is 6.39. The number of likely N-dealkylation sites (N-methyl/N-ethyl adjacent to an activating group) is 1. The van der Waals surface area contributed by atoms with Crippen LogP contribution in [0.1, 0.15) is 12.0 Å². The number of carbonyl (C=O) groups is 1. The summed E-state index contributed by atoms with van der Waals surface area (Å²) in [6.45, 7) is 1.08. The molecule has 2 aromatic heterocycles. The molecule has 1 fully saturated rings. The molecule has 1 aliphatic rings. The van der Waals surface area contributed by atoms with Crippen molar-refractivity contribution in [2.75, 3.05) is 36.1 Å². The number of rotatable bonds is 7. The third-order valence-electron chi connectivity index (χ3n) is 6.39. The Morgan fingerprint density at radius 1 is 0.952 bits per heavy atom. The van der Waals surface area contributed by atoms with Crippen LogP contribution in [0.25, 0.3) is 11.3 Å². The van der Waals surface area contributed by atoms with Gasteiger partial charge in [0.05, 0.1) is 16.8 Å². The van der Waals surface area contributed by atoms with Gasteiger partial charge in [-0.2, -0.15) is 13.2 Å². The maximum atomic E-state index is 14.0. The van der Waals surface area contributed by atoms with E-state index in [0.29, 0.717) is 48.2 Å². The molecule has 0 radical (unpaired) electrons. The molecule has 0 saturated carbocycles. The maximum Gasteiger partial charge on any atom is 0.416 e. The SMILES string of the molecule is CN1C[C@@H](F)C[C@H](Nc2nccc(-c3cccnc3Oc3ccc(NC(=O)Nc4cccc(C(F)(F)F)c4)cc3)n2)C1. The topological polar surface area (TPSA) is 104 Å². The molecular weight excluding hydrogens is 554 g/mol. The lowest BCUT2D eigenvalue weighted by atomic mass is 10.1. The van der Waals surface area contributed by atoms with Crippen LogP contribution in [0.15, 0.2) is 79.1 Å². The van der Waals surface area contributed by atoms with Crippen LogP contribution >= 0.6 is 0 Å². The Hall–Kier alpha value is -4.78. The Labute approximate surface area is 239 Å². The van der Waals surface area contributed by atoms with E-state index in [-0.39, 0.29) is 17.6 Å². The first-order valence-electron chi connectivity index (χ1n) is 13.0. The van der Waals surface area contributed by atoms with E-state index in [1.165, 1.54) is 12.1 Å². The maximum absolute atomic E-state index is 14.0. The van der Waals surface area contributed by atoms with Gasteiger partial charge in [0.25, 0.3) is 0 Å². The molecule has 2 aromatic carbocycles. The van der Waals surface area contributed by atoms with Crippen LogP contribution in [0.2, 0.25) is 0 Å². The molecule has 9 nitrogen and oxygen atoms in total. The predicted molar refractivity (Wildman–Crippen MR) is 150 cm³/mol. The van der Waals surface area contributed by atoms with Gasteiger partial charge in [-0.15, -0.1) is 0 Å². The summed E-state index contributed by atoms with van der Waals surface area (Å²) in [4.78, 5) is 27.5. The molecule has 0 unspecified atom stereocenters. The standard InChI is InChI=1S/C29H27F4N7O2/c1-40-16-19(30)15-22(17-40)36-27-35-13-11-25(39-27)24-6-3-12-34-26(24)42-23-9-7-20(8-10-23)37-28(41)38-21-5-2-4-18(14-21)29(31,32)33/h2-14,19,22H,15-17H2,1H3,(H,35,36,39)(H2,37,38,41)/t19-,22-/m0/s1. The highest BCUT2D eigenvalue weighted by Crippen LogP contribution is 2.32. The van der Waals surface area contributed by atoms with E-state index >= 15 is 0 Å². The van der Waals surface area contributed by atoms with Gasteiger partial charge in [0.15, 0.2) is 0 Å². The van der Waals surface area contributed by atoms with Crippen molar-refractivity contribution in [1.82, 2.24) is 19.9 Å². The zero-order valence-corrected chi connectivity index (χ0v) is 22.4. The van der Waals surface area contributed by atoms with Gasteiger partial charge in [0.2, 0.25) is 11.8 Å². The Bertz CT molecular complexity index is 1530. The van der Waals surface area contributed by atoms with Crippen molar-refractivity contribution in [3.63, 3.8) is 0 Å². The van der Waals surface area contributed by atoms with E-state index in [1.54, 1.807) is 54.9 Å². The molecule has 2 amide bonds. The molecule has 4 aromatic rings. The summed E-state index contributed by atoms with van der Waals surface area (Å²) in [5.41, 5.74) is 0.696. The van der Waals surface area contributed by atoms with Gasteiger partial charge in [0, 0.05) is 49.3 Å². The van der Waals surface area contributed by atoms with E-state index in [9.17, 15) is 22.4 Å². The van der Waals surface area contributed by atoms with E-state index in [4.69, 9.17) is 4.74 Å². The average molecular weight is 582 g/mol. The summed E-state index contributed by atoms with van der Waals surface area (Å²) >= 11 is 0. The van der Waals surface area contributed by atoms with Gasteiger partial charge in [-0.3, -0.25) is 0 Å². The molecule has 1 saturated heterocycles. The fourth-order valence-corrected chi connectivity index (χ4v) is 4.56. The van der Waals surface area contributed by atoms with Crippen LogP contribution < -0.4 is 20.7 Å². The Kier molecular flexibility index (Phi) is 8.48. The minimum atomic E-state index is -4.52. The van der Waals surface area contributed by atoms with Crippen LogP contribution in [0.3, 0.4) is 0 Å². The van der Waals surface area contributed by atoms with Crippen LogP contribution in [0, 0.1) is 0 Å². The molecule has 5 rings (SSSR count). The zero-order valence-electron chi connectivity index (χ0n) is 22.4. The smallest absolute Gasteiger partial charge is 0.416 e. The van der Waals surface area contributed by atoms with E-state index in [1.807, 2.05) is 11.9 Å². The van der Waals surface area contributed by atoms with Gasteiger partial charge in [0.1, 0.15) is 11.9 Å². The van der Waals surface area contributed by atoms with Gasteiger partial charge in [-0.25, -0.2) is 24.1 Å². The van der Waals surface area contributed by atoms with Crippen LogP contribution in [-0.2, 0) is 6.18 Å². The summed E-state index contributed by atoms with van der Waals surface area (Å²) in [6.07, 6.45) is -1.89. The number of alkyl halides is 4. The summed E-state index contributed by atoms with van der Waals surface area (Å²) in [6, 6.07) is 15.2. The molecular formula is C29H27F4N7O2. The molecule has 0 aliphatic carbocycles. The number of ether oxygens (including phenoxy) is 1. The van der Waals surface area contributed by atoms with Gasteiger partial charge in [-0.1, -0.05) is 6.07 Å². The van der Waals surface area contributed by atoms with Crippen molar-refractivity contribution in [2.24, 2.45) is 0 Å². The Balaban J connectivity index is 1.23. The minimum absolute atomic E-state index is 0.00530. The molecule has 0 bridgehead atoms. The number of amides is 2. The summed E-state index contributed by atoms with van der Waals surface area (Å²) < 4.78 is 58.8. The number of nitrogens with one attached hydrogen (secondary N) is 3. The highest BCUT2D eigenvalue weighted by Gasteiger charge is 2.30. The van der Waals surface area contributed by atoms with Crippen molar-refractivity contribution in [3.05, 3.63) is 84.7 Å². The second-order valence-electron chi connectivity index (χ2n) is 9.80. The predicted octanol–water partition coefficient (Wildman–Crippen LogP) is 6.45. The number of hydrogen-bond acceptors (Lipinski definition) is 7. The van der Waals surface area contributed by atoms with E-state index in [2.05, 4.69) is 30.9 Å². The first-order chi connectivity index (χ1) is 20.1. The molecule has 1 aliphatic heterocycles. The molecule has 3 heterocycles. The van der Waals surface area contributed by atoms with Crippen LogP contribution in [-0.4, -0.2) is 58.2 Å². The van der Waals surface area contributed by atoms with Gasteiger partial charge in [-0.05, 0) is 67.7 Å². The number of hydrogen-bond donors (Lipinski definition) is 3. The zero-order chi connectivity index (χ0) is 29.7. The van der Waals surface area contributed by atoms with E-state index in [0.717, 1.165) is 12.1 Å². The number of aromatic nitrogens is 3.